The number of ether oxygens (including phenoxy) is 1. The number of amides is 1. The molecule has 34 heavy (non-hydrogen) atoms. The molecule has 5 rings (SSSR count). The molecule has 2 aliphatic rings. The SMILES string of the molecule is N#Cc1cc(NC(=O)c2cc3ccccc3oc2=O)ccc1N1CCN(C2CCOCC2)CC1. The molecule has 0 bridgehead atoms. The number of anilines is 2. The molecule has 0 spiro atoms. The molecule has 2 aromatic carbocycles. The number of nitrogens with one attached hydrogen (secondary N) is 1. The van der Waals surface area contributed by atoms with Gasteiger partial charge < -0.3 is 19.4 Å². The molecule has 1 amide bonds. The zero-order valence-corrected chi connectivity index (χ0v) is 18.8. The molecule has 2 aliphatic heterocycles. The highest BCUT2D eigenvalue weighted by Crippen LogP contribution is 2.26. The van der Waals surface area contributed by atoms with Crippen LogP contribution in [0.3, 0.4) is 0 Å². The second kappa shape index (κ2) is 9.67. The molecule has 3 heterocycles. The van der Waals surface area contributed by atoms with Crippen molar-refractivity contribution in [3.63, 3.8) is 0 Å². The first-order valence-corrected chi connectivity index (χ1v) is 11.6. The van der Waals surface area contributed by atoms with Crippen molar-refractivity contribution in [1.29, 1.82) is 5.26 Å². The Morgan fingerprint density at radius 1 is 1.03 bits per heavy atom. The molecule has 8 heteroatoms. The number of hydrogen-bond acceptors (Lipinski definition) is 7. The van der Waals surface area contributed by atoms with Gasteiger partial charge in [-0.15, -0.1) is 0 Å². The van der Waals surface area contributed by atoms with E-state index in [1.165, 1.54) is 6.07 Å². The normalized spacial score (nSPS) is 17.4. The lowest BCUT2D eigenvalue weighted by atomic mass is 10.1. The highest BCUT2D eigenvalue weighted by atomic mass is 16.5. The Balaban J connectivity index is 1.29. The van der Waals surface area contributed by atoms with E-state index >= 15 is 0 Å². The Morgan fingerprint density at radius 3 is 2.56 bits per heavy atom. The lowest BCUT2D eigenvalue weighted by molar-refractivity contribution is 0.0321. The van der Waals surface area contributed by atoms with Crippen LogP contribution in [-0.2, 0) is 4.74 Å². The molecule has 0 saturated carbocycles. The van der Waals surface area contributed by atoms with Crippen LogP contribution in [0.2, 0.25) is 0 Å². The van der Waals surface area contributed by atoms with Crippen molar-refractivity contribution < 1.29 is 13.9 Å². The smallest absolute Gasteiger partial charge is 0.349 e. The minimum atomic E-state index is -0.698. The van der Waals surface area contributed by atoms with E-state index in [1.54, 1.807) is 30.3 Å². The summed E-state index contributed by atoms with van der Waals surface area (Å²) in [4.78, 5) is 29.8. The van der Waals surface area contributed by atoms with Crippen LogP contribution < -0.4 is 15.8 Å². The fraction of sp³-hybridized carbons (Fsp3) is 0.346. The fourth-order valence-electron chi connectivity index (χ4n) is 4.78. The molecule has 8 nitrogen and oxygen atoms in total. The summed E-state index contributed by atoms with van der Waals surface area (Å²) in [5, 5.41) is 13.2. The van der Waals surface area contributed by atoms with Gasteiger partial charge in [-0.2, -0.15) is 5.26 Å². The van der Waals surface area contributed by atoms with Gasteiger partial charge in [0.1, 0.15) is 17.2 Å². The largest absolute Gasteiger partial charge is 0.422 e. The maximum atomic E-state index is 12.8. The summed E-state index contributed by atoms with van der Waals surface area (Å²) >= 11 is 0. The zero-order chi connectivity index (χ0) is 23.5. The number of piperazine rings is 1. The molecule has 174 valence electrons. The first kappa shape index (κ1) is 22.1. The van der Waals surface area contributed by atoms with E-state index in [2.05, 4.69) is 21.2 Å². The van der Waals surface area contributed by atoms with Crippen molar-refractivity contribution in [3.8, 4) is 6.07 Å². The highest BCUT2D eigenvalue weighted by molar-refractivity contribution is 6.05. The molecule has 2 fully saturated rings. The lowest BCUT2D eigenvalue weighted by Crippen LogP contribution is -2.51. The number of carbonyl (C=O) groups is 1. The molecule has 1 aromatic heterocycles. The average Bonchev–Trinajstić information content (AvgIpc) is 2.88. The first-order chi connectivity index (χ1) is 16.6. The second-order valence-electron chi connectivity index (χ2n) is 8.65. The molecule has 0 unspecified atom stereocenters. The van der Waals surface area contributed by atoms with E-state index in [-0.39, 0.29) is 5.56 Å². The summed E-state index contributed by atoms with van der Waals surface area (Å²) in [7, 11) is 0. The Bertz CT molecular complexity index is 1300. The van der Waals surface area contributed by atoms with Crippen molar-refractivity contribution >= 4 is 28.3 Å². The van der Waals surface area contributed by atoms with Gasteiger partial charge in [-0.05, 0) is 43.2 Å². The first-order valence-electron chi connectivity index (χ1n) is 11.6. The van der Waals surface area contributed by atoms with Gasteiger partial charge in [0.2, 0.25) is 0 Å². The van der Waals surface area contributed by atoms with E-state index in [4.69, 9.17) is 9.15 Å². The van der Waals surface area contributed by atoms with Crippen LogP contribution in [-0.4, -0.2) is 56.2 Å². The van der Waals surface area contributed by atoms with E-state index in [0.29, 0.717) is 28.3 Å². The number of nitriles is 1. The minimum absolute atomic E-state index is 0.0782. The highest BCUT2D eigenvalue weighted by Gasteiger charge is 2.26. The second-order valence-corrected chi connectivity index (χ2v) is 8.65. The monoisotopic (exact) mass is 458 g/mol. The molecule has 2 saturated heterocycles. The Labute approximate surface area is 197 Å². The summed E-state index contributed by atoms with van der Waals surface area (Å²) in [6.07, 6.45) is 2.15. The maximum Gasteiger partial charge on any atom is 0.349 e. The Hall–Kier alpha value is -3.67. The van der Waals surface area contributed by atoms with Crippen molar-refractivity contribution in [2.45, 2.75) is 18.9 Å². The van der Waals surface area contributed by atoms with Gasteiger partial charge in [-0.3, -0.25) is 9.69 Å². The van der Waals surface area contributed by atoms with Gasteiger partial charge in [0.25, 0.3) is 5.91 Å². The predicted octanol–water partition coefficient (Wildman–Crippen LogP) is 3.22. The summed E-state index contributed by atoms with van der Waals surface area (Å²) in [6, 6.07) is 16.7. The Morgan fingerprint density at radius 2 is 1.79 bits per heavy atom. The van der Waals surface area contributed by atoms with Crippen molar-refractivity contribution in [1.82, 2.24) is 4.90 Å². The molecule has 0 atom stereocenters. The predicted molar refractivity (Wildman–Crippen MR) is 129 cm³/mol. The van der Waals surface area contributed by atoms with Crippen LogP contribution in [0.1, 0.15) is 28.8 Å². The van der Waals surface area contributed by atoms with Crippen LogP contribution in [0, 0.1) is 11.3 Å². The molecule has 0 aliphatic carbocycles. The molecule has 3 aromatic rings. The van der Waals surface area contributed by atoms with Gasteiger partial charge in [0, 0.05) is 56.5 Å². The molecule has 0 radical (unpaired) electrons. The topological polar surface area (TPSA) is 98.8 Å². The summed E-state index contributed by atoms with van der Waals surface area (Å²) in [5.74, 6) is -0.568. The van der Waals surface area contributed by atoms with Crippen LogP contribution in [0.15, 0.2) is 57.7 Å². The van der Waals surface area contributed by atoms with Crippen molar-refractivity contribution in [2.24, 2.45) is 0 Å². The third-order valence-electron chi connectivity index (χ3n) is 6.62. The van der Waals surface area contributed by atoms with Gasteiger partial charge in [0.15, 0.2) is 0 Å². The van der Waals surface area contributed by atoms with Gasteiger partial charge in [-0.25, -0.2) is 4.79 Å². The lowest BCUT2D eigenvalue weighted by Gasteiger charge is -2.41. The average molecular weight is 459 g/mol. The van der Waals surface area contributed by atoms with E-state index in [9.17, 15) is 14.9 Å². The third kappa shape index (κ3) is 4.53. The van der Waals surface area contributed by atoms with Gasteiger partial charge in [0.05, 0.1) is 11.3 Å². The number of hydrogen-bond donors (Lipinski definition) is 1. The van der Waals surface area contributed by atoms with Crippen molar-refractivity contribution in [3.05, 3.63) is 70.1 Å². The zero-order valence-electron chi connectivity index (χ0n) is 18.8. The number of rotatable bonds is 4. The molecular formula is C26H26N4O4. The van der Waals surface area contributed by atoms with Gasteiger partial charge >= 0.3 is 5.63 Å². The number of carbonyl (C=O) groups excluding carboxylic acids is 1. The Kier molecular flexibility index (Phi) is 6.30. The van der Waals surface area contributed by atoms with Crippen LogP contribution in [0.5, 0.6) is 0 Å². The summed E-state index contributed by atoms with van der Waals surface area (Å²) < 4.78 is 10.7. The number of nitrogens with zero attached hydrogens (tertiary/aromatic N) is 3. The molecule has 1 N–H and O–H groups in total. The maximum absolute atomic E-state index is 12.8. The van der Waals surface area contributed by atoms with Gasteiger partial charge in [-0.1, -0.05) is 18.2 Å². The number of para-hydroxylation sites is 1. The van der Waals surface area contributed by atoms with E-state index < -0.39 is 11.5 Å². The van der Waals surface area contributed by atoms with Crippen LogP contribution in [0.25, 0.3) is 11.0 Å². The fourth-order valence-corrected chi connectivity index (χ4v) is 4.78. The summed E-state index contributed by atoms with van der Waals surface area (Å²) in [6.45, 7) is 5.25. The number of benzene rings is 2. The molecular weight excluding hydrogens is 432 g/mol. The minimum Gasteiger partial charge on any atom is -0.422 e. The van der Waals surface area contributed by atoms with Crippen molar-refractivity contribution in [2.75, 3.05) is 49.6 Å². The number of fused-ring (bicyclic) bond motifs is 1. The quantitative estimate of drug-likeness (QED) is 0.600. The van der Waals surface area contributed by atoms with E-state index in [0.717, 1.165) is 57.9 Å². The van der Waals surface area contributed by atoms with E-state index in [1.807, 2.05) is 12.1 Å². The standard InChI is InChI=1S/C26H26N4O4/c27-17-19-15-20(28-25(31)22-16-18-3-1-2-4-24(18)34-26(22)32)5-6-23(19)30-11-9-29(10-12-30)21-7-13-33-14-8-21/h1-6,15-16,21H,7-14H2,(H,28,31). The van der Waals surface area contributed by atoms with Crippen LogP contribution >= 0.6 is 0 Å². The van der Waals surface area contributed by atoms with Crippen LogP contribution in [0.4, 0.5) is 11.4 Å². The third-order valence-corrected chi connectivity index (χ3v) is 6.62. The summed E-state index contributed by atoms with van der Waals surface area (Å²) in [5.41, 5.74) is 1.46.